The van der Waals surface area contributed by atoms with Crippen molar-refractivity contribution in [1.82, 2.24) is 4.57 Å². The minimum absolute atomic E-state index is 0.0217. The normalized spacial score (nSPS) is 13.8. The fourth-order valence-corrected chi connectivity index (χ4v) is 3.89. The summed E-state index contributed by atoms with van der Waals surface area (Å²) >= 11 is 0. The number of nitrogens with one attached hydrogen (secondary N) is 1. The third-order valence-corrected chi connectivity index (χ3v) is 5.53. The molecule has 7 heteroatoms. The molecule has 0 spiro atoms. The van der Waals surface area contributed by atoms with Crippen LogP contribution in [0.3, 0.4) is 0 Å². The van der Waals surface area contributed by atoms with Gasteiger partial charge in [-0.3, -0.25) is 10.1 Å². The maximum atomic E-state index is 12.3. The number of anilines is 1. The van der Waals surface area contributed by atoms with Gasteiger partial charge in [-0.25, -0.2) is 9.59 Å². The summed E-state index contributed by atoms with van der Waals surface area (Å²) < 4.78 is 12.1. The van der Waals surface area contributed by atoms with Crippen LogP contribution in [0.25, 0.3) is 10.9 Å². The molecular formula is C24H24N2O5. The molecule has 0 unspecified atom stereocenters. The van der Waals surface area contributed by atoms with Crippen LogP contribution >= 0.6 is 0 Å². The first-order valence-electron chi connectivity index (χ1n) is 10.3. The molecule has 0 aliphatic heterocycles. The Hall–Kier alpha value is -3.61. The van der Waals surface area contributed by atoms with Crippen LogP contribution in [-0.2, 0) is 16.0 Å². The van der Waals surface area contributed by atoms with Gasteiger partial charge in [-0.2, -0.15) is 0 Å². The molecule has 7 nitrogen and oxygen atoms in total. The van der Waals surface area contributed by atoms with Crippen molar-refractivity contribution in [3.05, 3.63) is 76.1 Å². The first-order valence-corrected chi connectivity index (χ1v) is 10.3. The van der Waals surface area contributed by atoms with Gasteiger partial charge in [0.05, 0.1) is 18.2 Å². The molecule has 0 bridgehead atoms. The van der Waals surface area contributed by atoms with Gasteiger partial charge < -0.3 is 14.0 Å². The Bertz CT molecular complexity index is 1160. The topological polar surface area (TPSA) is 86.6 Å². The van der Waals surface area contributed by atoms with Crippen molar-refractivity contribution < 1.29 is 19.1 Å². The summed E-state index contributed by atoms with van der Waals surface area (Å²) in [5.41, 5.74) is 2.60. The first-order chi connectivity index (χ1) is 15.0. The van der Waals surface area contributed by atoms with Gasteiger partial charge in [0.15, 0.2) is 5.43 Å². The minimum atomic E-state index is -0.477. The predicted molar refractivity (Wildman–Crippen MR) is 117 cm³/mol. The fourth-order valence-electron chi connectivity index (χ4n) is 3.89. The molecule has 160 valence electrons. The number of carbonyl (C=O) groups excluding carboxylic acids is 2. The lowest BCUT2D eigenvalue weighted by molar-refractivity contribution is 0.0600. The zero-order valence-corrected chi connectivity index (χ0v) is 17.3. The van der Waals surface area contributed by atoms with Crippen LogP contribution in [0.2, 0.25) is 0 Å². The fraction of sp³-hybridized carbons (Fsp3) is 0.292. The number of hydrogen-bond donors (Lipinski definition) is 1. The molecular weight excluding hydrogens is 396 g/mol. The van der Waals surface area contributed by atoms with Gasteiger partial charge in [0, 0.05) is 29.9 Å². The molecule has 0 atom stereocenters. The van der Waals surface area contributed by atoms with Crippen LogP contribution in [0.4, 0.5) is 10.5 Å². The molecule has 1 fully saturated rings. The second-order valence-corrected chi connectivity index (χ2v) is 7.67. The minimum Gasteiger partial charge on any atom is -0.465 e. The van der Waals surface area contributed by atoms with Gasteiger partial charge in [-0.15, -0.1) is 0 Å². The summed E-state index contributed by atoms with van der Waals surface area (Å²) in [6.07, 6.45) is 5.20. The van der Waals surface area contributed by atoms with Gasteiger partial charge in [0.25, 0.3) is 0 Å². The second-order valence-electron chi connectivity index (χ2n) is 7.67. The number of carbonyl (C=O) groups is 2. The number of fused-ring (bicyclic) bond motifs is 1. The Morgan fingerprint density at radius 1 is 1.06 bits per heavy atom. The van der Waals surface area contributed by atoms with Crippen LogP contribution in [0.1, 0.15) is 41.6 Å². The van der Waals surface area contributed by atoms with Crippen LogP contribution in [0, 0.1) is 0 Å². The number of rotatable bonds is 5. The Morgan fingerprint density at radius 2 is 1.81 bits per heavy atom. The Kier molecular flexibility index (Phi) is 6.02. The highest BCUT2D eigenvalue weighted by Crippen LogP contribution is 2.22. The van der Waals surface area contributed by atoms with Crippen molar-refractivity contribution >= 4 is 28.7 Å². The standard InChI is InChI=1S/C24H24N2O5/c1-30-23(28)17-8-6-16(7-9-17)15-26-13-12-22(27)20-11-10-18(14-21(20)26)25-24(29)31-19-4-2-3-5-19/h6-14,19H,2-5,15H2,1H3,(H,25,29). The molecule has 1 aromatic heterocycles. The lowest BCUT2D eigenvalue weighted by Crippen LogP contribution is -2.20. The summed E-state index contributed by atoms with van der Waals surface area (Å²) in [7, 11) is 1.35. The predicted octanol–water partition coefficient (Wildman–Crippen LogP) is 4.33. The highest BCUT2D eigenvalue weighted by Gasteiger charge is 2.19. The first kappa shape index (κ1) is 20.7. The van der Waals surface area contributed by atoms with Crippen LogP contribution in [-0.4, -0.2) is 29.8 Å². The van der Waals surface area contributed by atoms with Crippen LogP contribution in [0.5, 0.6) is 0 Å². The number of methoxy groups -OCH3 is 1. The van der Waals surface area contributed by atoms with E-state index in [0.29, 0.717) is 28.7 Å². The molecule has 0 radical (unpaired) electrons. The molecule has 2 aromatic carbocycles. The number of nitrogens with zero attached hydrogens (tertiary/aromatic N) is 1. The van der Waals surface area contributed by atoms with Crippen molar-refractivity contribution in [2.45, 2.75) is 38.3 Å². The quantitative estimate of drug-likeness (QED) is 0.621. The highest BCUT2D eigenvalue weighted by atomic mass is 16.6. The van der Waals surface area contributed by atoms with Crippen molar-refractivity contribution in [3.63, 3.8) is 0 Å². The molecule has 1 aliphatic carbocycles. The largest absolute Gasteiger partial charge is 0.465 e. The third kappa shape index (κ3) is 4.77. The van der Waals surface area contributed by atoms with Crippen molar-refractivity contribution in [2.75, 3.05) is 12.4 Å². The molecule has 3 aromatic rings. The maximum absolute atomic E-state index is 12.3. The van der Waals surface area contributed by atoms with Crippen molar-refractivity contribution in [3.8, 4) is 0 Å². The van der Waals surface area contributed by atoms with E-state index in [9.17, 15) is 14.4 Å². The number of aromatic nitrogens is 1. The van der Waals surface area contributed by atoms with E-state index in [-0.39, 0.29) is 17.5 Å². The maximum Gasteiger partial charge on any atom is 0.411 e. The van der Waals surface area contributed by atoms with E-state index in [2.05, 4.69) is 5.32 Å². The zero-order valence-electron chi connectivity index (χ0n) is 17.3. The molecule has 1 N–H and O–H groups in total. The van der Waals surface area contributed by atoms with Gasteiger partial charge in [0.1, 0.15) is 6.10 Å². The summed E-state index contributed by atoms with van der Waals surface area (Å²) in [6, 6.07) is 13.8. The van der Waals surface area contributed by atoms with E-state index < -0.39 is 6.09 Å². The average molecular weight is 420 g/mol. The molecule has 31 heavy (non-hydrogen) atoms. The smallest absolute Gasteiger partial charge is 0.411 e. The molecule has 0 saturated heterocycles. The van der Waals surface area contributed by atoms with E-state index in [0.717, 1.165) is 31.2 Å². The summed E-state index contributed by atoms with van der Waals surface area (Å²) in [6.45, 7) is 0.494. The van der Waals surface area contributed by atoms with Crippen molar-refractivity contribution in [2.24, 2.45) is 0 Å². The lowest BCUT2D eigenvalue weighted by atomic mass is 10.1. The molecule has 1 amide bonds. The number of ether oxygens (including phenoxy) is 2. The average Bonchev–Trinajstić information content (AvgIpc) is 3.28. The summed E-state index contributed by atoms with van der Waals surface area (Å²) in [5.74, 6) is -0.388. The monoisotopic (exact) mass is 420 g/mol. The second kappa shape index (κ2) is 9.04. The van der Waals surface area contributed by atoms with E-state index in [1.165, 1.54) is 13.2 Å². The molecule has 4 rings (SSSR count). The van der Waals surface area contributed by atoms with Crippen molar-refractivity contribution in [1.29, 1.82) is 0 Å². The molecule has 1 heterocycles. The van der Waals surface area contributed by atoms with E-state index in [1.807, 2.05) is 16.7 Å². The lowest BCUT2D eigenvalue weighted by Gasteiger charge is -2.14. The number of pyridine rings is 1. The summed E-state index contributed by atoms with van der Waals surface area (Å²) in [4.78, 5) is 36.2. The van der Waals surface area contributed by atoms with Crippen LogP contribution < -0.4 is 10.7 Å². The zero-order chi connectivity index (χ0) is 21.8. The Labute approximate surface area is 179 Å². The van der Waals surface area contributed by atoms with E-state index >= 15 is 0 Å². The number of esters is 1. The molecule has 1 aliphatic rings. The van der Waals surface area contributed by atoms with E-state index in [4.69, 9.17) is 9.47 Å². The third-order valence-electron chi connectivity index (χ3n) is 5.53. The SMILES string of the molecule is COC(=O)c1ccc(Cn2ccc(=O)c3ccc(NC(=O)OC4CCCC4)cc32)cc1. The van der Waals surface area contributed by atoms with Gasteiger partial charge >= 0.3 is 12.1 Å². The Morgan fingerprint density at radius 3 is 2.52 bits per heavy atom. The van der Waals surface area contributed by atoms with Gasteiger partial charge in [-0.05, 0) is 61.6 Å². The Balaban J connectivity index is 1.57. The number of benzene rings is 2. The van der Waals surface area contributed by atoms with Gasteiger partial charge in [-0.1, -0.05) is 12.1 Å². The van der Waals surface area contributed by atoms with Gasteiger partial charge in [0.2, 0.25) is 0 Å². The molecule has 1 saturated carbocycles. The summed E-state index contributed by atoms with van der Waals surface area (Å²) in [5, 5.41) is 3.33. The van der Waals surface area contributed by atoms with E-state index in [1.54, 1.807) is 36.5 Å². The van der Waals surface area contributed by atoms with Crippen LogP contribution in [0.15, 0.2) is 59.5 Å². The number of hydrogen-bond acceptors (Lipinski definition) is 5. The highest BCUT2D eigenvalue weighted by molar-refractivity contribution is 5.90. The number of amides is 1.